The van der Waals surface area contributed by atoms with Crippen LogP contribution in [0.25, 0.3) is 11.3 Å². The Balaban J connectivity index is 0.000000383. The van der Waals surface area contributed by atoms with Crippen LogP contribution in [0, 0.1) is 5.41 Å². The van der Waals surface area contributed by atoms with Crippen LogP contribution in [0.4, 0.5) is 30.4 Å². The number of ether oxygens (including phenoxy) is 1. The highest BCUT2D eigenvalue weighted by Crippen LogP contribution is 2.43. The molecule has 2 aromatic rings. The van der Waals surface area contributed by atoms with Crippen molar-refractivity contribution in [2.75, 3.05) is 43.7 Å². The highest BCUT2D eigenvalue weighted by molar-refractivity contribution is 5.86. The van der Waals surface area contributed by atoms with Gasteiger partial charge in [0.25, 0.3) is 0 Å². The van der Waals surface area contributed by atoms with E-state index in [2.05, 4.69) is 11.9 Å². The highest BCUT2D eigenvalue weighted by Gasteiger charge is 2.38. The lowest BCUT2D eigenvalue weighted by molar-refractivity contribution is -0.137. The van der Waals surface area contributed by atoms with E-state index in [1.165, 1.54) is 25.3 Å². The highest BCUT2D eigenvalue weighted by atomic mass is 19.4. The smallest absolute Gasteiger partial charge is 0.416 e. The molecule has 1 fully saturated rings. The number of aromatic nitrogens is 1. The maximum Gasteiger partial charge on any atom is 0.416 e. The van der Waals surface area contributed by atoms with Crippen molar-refractivity contribution in [1.29, 1.82) is 0 Å². The first-order valence-corrected chi connectivity index (χ1v) is 14.2. The average Bonchev–Trinajstić information content (AvgIpc) is 2.90. The van der Waals surface area contributed by atoms with Gasteiger partial charge in [0.2, 0.25) is 0 Å². The number of halogens is 3. The summed E-state index contributed by atoms with van der Waals surface area (Å²) in [5, 5.41) is 8.71. The molecule has 0 saturated heterocycles. The molecule has 1 aromatic carbocycles. The van der Waals surface area contributed by atoms with Crippen LogP contribution in [0.1, 0.15) is 77.2 Å². The van der Waals surface area contributed by atoms with Gasteiger partial charge in [0.05, 0.1) is 29.2 Å². The molecule has 10 heteroatoms. The quantitative estimate of drug-likeness (QED) is 0.166. The van der Waals surface area contributed by atoms with Crippen LogP contribution in [0.3, 0.4) is 0 Å². The fourth-order valence-corrected chi connectivity index (χ4v) is 5.09. The van der Waals surface area contributed by atoms with Crippen molar-refractivity contribution in [1.82, 2.24) is 4.98 Å². The van der Waals surface area contributed by atoms with Crippen LogP contribution >= 0.6 is 0 Å². The molecule has 41 heavy (non-hydrogen) atoms. The average molecular weight is 579 g/mol. The number of pyridine rings is 1. The molecule has 0 spiro atoms. The van der Waals surface area contributed by atoms with E-state index in [-0.39, 0.29) is 11.2 Å². The Labute approximate surface area is 241 Å². The van der Waals surface area contributed by atoms with Crippen LogP contribution in [-0.2, 0) is 15.7 Å². The number of carboxylic acid groups (broad SMARTS) is 1. The van der Waals surface area contributed by atoms with Gasteiger partial charge in [0.1, 0.15) is 5.82 Å². The fraction of sp³-hybridized carbons (Fsp3) is 0.548. The molecule has 0 amide bonds. The van der Waals surface area contributed by atoms with Gasteiger partial charge in [-0.15, -0.1) is 0 Å². The second-order valence-corrected chi connectivity index (χ2v) is 10.8. The summed E-state index contributed by atoms with van der Waals surface area (Å²) >= 11 is 0. The van der Waals surface area contributed by atoms with E-state index in [0.29, 0.717) is 34.8 Å². The number of nitrogen functional groups attached to an aromatic ring is 2. The summed E-state index contributed by atoms with van der Waals surface area (Å²) < 4.78 is 44.5. The lowest BCUT2D eigenvalue weighted by Gasteiger charge is -2.44. The molecule has 1 aromatic heterocycles. The third-order valence-electron chi connectivity index (χ3n) is 7.57. The van der Waals surface area contributed by atoms with Crippen molar-refractivity contribution in [3.63, 3.8) is 0 Å². The van der Waals surface area contributed by atoms with E-state index in [4.69, 9.17) is 21.3 Å². The number of carboxylic acids is 1. The number of benzene rings is 1. The minimum absolute atomic E-state index is 0.0599. The van der Waals surface area contributed by atoms with Gasteiger partial charge in [-0.2, -0.15) is 13.2 Å². The molecule has 0 bridgehead atoms. The van der Waals surface area contributed by atoms with Crippen LogP contribution < -0.4 is 16.4 Å². The Morgan fingerprint density at radius 2 is 1.85 bits per heavy atom. The molecule has 3 rings (SSSR count). The fourth-order valence-electron chi connectivity index (χ4n) is 5.09. The number of hydrogen-bond donors (Lipinski definition) is 3. The van der Waals surface area contributed by atoms with Gasteiger partial charge in [0, 0.05) is 37.3 Å². The Bertz CT molecular complexity index is 1160. The van der Waals surface area contributed by atoms with Gasteiger partial charge in [-0.25, -0.2) is 9.78 Å². The van der Waals surface area contributed by atoms with Crippen LogP contribution in [0.5, 0.6) is 0 Å². The third-order valence-corrected chi connectivity index (χ3v) is 7.57. The van der Waals surface area contributed by atoms with E-state index in [1.54, 1.807) is 32.2 Å². The van der Waals surface area contributed by atoms with Gasteiger partial charge in [-0.3, -0.25) is 0 Å². The zero-order chi connectivity index (χ0) is 30.6. The van der Waals surface area contributed by atoms with Crippen molar-refractivity contribution in [2.24, 2.45) is 5.41 Å². The summed E-state index contributed by atoms with van der Waals surface area (Å²) in [4.78, 5) is 16.8. The van der Waals surface area contributed by atoms with E-state index >= 15 is 0 Å². The Morgan fingerprint density at radius 3 is 2.39 bits per heavy atom. The Hall–Kier alpha value is -3.27. The number of alkyl halides is 3. The van der Waals surface area contributed by atoms with Crippen molar-refractivity contribution in [3.8, 4) is 11.3 Å². The van der Waals surface area contributed by atoms with E-state index in [0.717, 1.165) is 57.2 Å². The molecule has 0 unspecified atom stereocenters. The molecule has 1 saturated carbocycles. The first-order chi connectivity index (χ1) is 19.4. The number of methoxy groups -OCH3 is 1. The number of nitrogens with two attached hydrogens (primary N) is 2. The van der Waals surface area contributed by atoms with Crippen molar-refractivity contribution < 1.29 is 27.8 Å². The van der Waals surface area contributed by atoms with Gasteiger partial charge in [0.15, 0.2) is 0 Å². The largest absolute Gasteiger partial charge is 0.478 e. The predicted molar refractivity (Wildman–Crippen MR) is 160 cm³/mol. The second kappa shape index (κ2) is 15.7. The molecule has 228 valence electrons. The SMILES string of the molecule is CC=C(CCCCCCC)C(=O)O.COCC1(CN(C)c2cc(-c3cccc(C(F)(F)F)c3)nc(N)c2N)CCC1. The van der Waals surface area contributed by atoms with E-state index in [1.807, 2.05) is 11.9 Å². The first kappa shape index (κ1) is 33.9. The molecular formula is C31H45F3N4O3. The number of rotatable bonds is 13. The maximum absolute atomic E-state index is 13.1. The first-order valence-electron chi connectivity index (χ1n) is 14.2. The summed E-state index contributed by atoms with van der Waals surface area (Å²) in [5.41, 5.74) is 13.7. The second-order valence-electron chi connectivity index (χ2n) is 10.8. The topological polar surface area (TPSA) is 115 Å². The lowest BCUT2D eigenvalue weighted by Crippen LogP contribution is -2.44. The molecule has 1 aliphatic carbocycles. The number of nitrogens with zero attached hydrogens (tertiary/aromatic N) is 2. The number of unbranched alkanes of at least 4 members (excludes halogenated alkanes) is 4. The van der Waals surface area contributed by atoms with Gasteiger partial charge in [-0.1, -0.05) is 57.2 Å². The third kappa shape index (κ3) is 9.95. The minimum Gasteiger partial charge on any atom is -0.478 e. The van der Waals surface area contributed by atoms with E-state index in [9.17, 15) is 18.0 Å². The molecule has 0 atom stereocenters. The standard InChI is InChI=1S/C20H25F3N4O.C11H20O2/c1-27(11-19(12-28-2)7-4-8-19)16-10-15(26-18(25)17(16)24)13-5-3-6-14(9-13)20(21,22)23;1-3-5-6-7-8-9-10(4-2)11(12)13/h3,5-6,9-10H,4,7-8,11-12,24H2,1-2H3,(H2,25,26);4H,3,5-9H2,1-2H3,(H,12,13). The van der Waals surface area contributed by atoms with Gasteiger partial charge < -0.3 is 26.2 Å². The summed E-state index contributed by atoms with van der Waals surface area (Å²) in [6.07, 6.45) is 7.15. The number of hydrogen-bond acceptors (Lipinski definition) is 6. The summed E-state index contributed by atoms with van der Waals surface area (Å²) in [6.45, 7) is 5.33. The van der Waals surface area contributed by atoms with Crippen molar-refractivity contribution in [2.45, 2.75) is 77.8 Å². The zero-order valence-electron chi connectivity index (χ0n) is 24.7. The van der Waals surface area contributed by atoms with Crippen LogP contribution in [-0.4, -0.2) is 43.4 Å². The predicted octanol–water partition coefficient (Wildman–Crippen LogP) is 7.56. The summed E-state index contributed by atoms with van der Waals surface area (Å²) in [5.74, 6) is -0.663. The summed E-state index contributed by atoms with van der Waals surface area (Å²) in [6, 6.07) is 6.73. The number of anilines is 3. The Morgan fingerprint density at radius 1 is 1.17 bits per heavy atom. The lowest BCUT2D eigenvalue weighted by atomic mass is 9.69. The minimum atomic E-state index is -4.42. The van der Waals surface area contributed by atoms with Crippen molar-refractivity contribution >= 4 is 23.2 Å². The molecular weight excluding hydrogens is 533 g/mol. The molecule has 7 nitrogen and oxygen atoms in total. The maximum atomic E-state index is 13.1. The molecule has 1 aliphatic rings. The number of allylic oxidation sites excluding steroid dienone is 1. The van der Waals surface area contributed by atoms with Gasteiger partial charge in [-0.05, 0) is 50.8 Å². The normalized spacial score (nSPS) is 14.6. The monoisotopic (exact) mass is 578 g/mol. The van der Waals surface area contributed by atoms with E-state index < -0.39 is 17.7 Å². The molecule has 0 radical (unpaired) electrons. The van der Waals surface area contributed by atoms with Crippen molar-refractivity contribution in [3.05, 3.63) is 47.5 Å². The van der Waals surface area contributed by atoms with Crippen LogP contribution in [0.15, 0.2) is 42.0 Å². The molecule has 0 aliphatic heterocycles. The number of aliphatic carboxylic acids is 1. The summed E-state index contributed by atoms with van der Waals surface area (Å²) in [7, 11) is 3.58. The van der Waals surface area contributed by atoms with Gasteiger partial charge >= 0.3 is 12.1 Å². The molecule has 5 N–H and O–H groups in total. The number of carbonyl (C=O) groups is 1. The Kier molecular flexibility index (Phi) is 13.0. The van der Waals surface area contributed by atoms with Crippen LogP contribution in [0.2, 0.25) is 0 Å². The molecule has 1 heterocycles. The zero-order valence-corrected chi connectivity index (χ0v) is 24.7.